The molecule has 1 atom stereocenters. The summed E-state index contributed by atoms with van der Waals surface area (Å²) in [6.45, 7) is 3.91. The number of nitrogens with zero attached hydrogens (tertiary/aromatic N) is 3. The molecule has 90 valence electrons. The number of likely N-dealkylation sites (N-methyl/N-ethyl adjacent to an activating group) is 1. The summed E-state index contributed by atoms with van der Waals surface area (Å²) in [5, 5.41) is 3.77. The number of carbonyl (C=O) groups is 1. The molecule has 6 heteroatoms. The van der Waals surface area contributed by atoms with Gasteiger partial charge in [0.05, 0.1) is 0 Å². The molecular formula is C10H18N4OS. The number of hydrogen-bond acceptors (Lipinski definition) is 5. The molecule has 5 nitrogen and oxygen atoms in total. The van der Waals surface area contributed by atoms with Gasteiger partial charge >= 0.3 is 0 Å². The van der Waals surface area contributed by atoms with Gasteiger partial charge in [0.25, 0.3) is 0 Å². The van der Waals surface area contributed by atoms with Crippen molar-refractivity contribution in [2.24, 2.45) is 0 Å². The fourth-order valence-electron chi connectivity index (χ4n) is 1.27. The number of aryl methyl sites for hydroxylation is 1. The van der Waals surface area contributed by atoms with Gasteiger partial charge in [-0.1, -0.05) is 6.92 Å². The highest BCUT2D eigenvalue weighted by Gasteiger charge is 2.16. The SMILES string of the molecule is CCCc1nsc(NC(C)C(=O)N(C)C)n1. The summed E-state index contributed by atoms with van der Waals surface area (Å²) < 4.78 is 4.21. The van der Waals surface area contributed by atoms with Crippen LogP contribution in [0.1, 0.15) is 26.1 Å². The molecule has 1 N–H and O–H groups in total. The molecule has 0 fully saturated rings. The predicted octanol–water partition coefficient (Wildman–Crippen LogP) is 1.38. The zero-order valence-corrected chi connectivity index (χ0v) is 11.0. The van der Waals surface area contributed by atoms with Crippen LogP contribution in [0, 0.1) is 0 Å². The summed E-state index contributed by atoms with van der Waals surface area (Å²) in [5.41, 5.74) is 0. The summed E-state index contributed by atoms with van der Waals surface area (Å²) in [4.78, 5) is 17.5. The van der Waals surface area contributed by atoms with Crippen LogP contribution in [0.4, 0.5) is 5.13 Å². The Morgan fingerprint density at radius 1 is 1.56 bits per heavy atom. The molecule has 0 aliphatic heterocycles. The number of carbonyl (C=O) groups excluding carboxylic acids is 1. The Bertz CT molecular complexity index is 350. The highest BCUT2D eigenvalue weighted by molar-refractivity contribution is 7.09. The first kappa shape index (κ1) is 12.9. The van der Waals surface area contributed by atoms with Crippen LogP contribution in [0.15, 0.2) is 0 Å². The maximum Gasteiger partial charge on any atom is 0.244 e. The van der Waals surface area contributed by atoms with Crippen LogP contribution in [0.3, 0.4) is 0 Å². The normalized spacial score (nSPS) is 12.2. The molecule has 0 aliphatic rings. The number of anilines is 1. The van der Waals surface area contributed by atoms with E-state index in [1.807, 2.05) is 6.92 Å². The average Bonchev–Trinajstić information content (AvgIpc) is 2.65. The van der Waals surface area contributed by atoms with Crippen molar-refractivity contribution in [1.82, 2.24) is 14.3 Å². The first-order valence-electron chi connectivity index (χ1n) is 5.35. The Morgan fingerprint density at radius 3 is 2.81 bits per heavy atom. The molecule has 1 aromatic heterocycles. The summed E-state index contributed by atoms with van der Waals surface area (Å²) in [6.07, 6.45) is 1.91. The molecule has 0 saturated heterocycles. The van der Waals surface area contributed by atoms with Crippen molar-refractivity contribution in [3.8, 4) is 0 Å². The average molecular weight is 242 g/mol. The fourth-order valence-corrected chi connectivity index (χ4v) is 1.97. The molecule has 1 heterocycles. The van der Waals surface area contributed by atoms with Crippen molar-refractivity contribution in [3.05, 3.63) is 5.82 Å². The summed E-state index contributed by atoms with van der Waals surface area (Å²) in [6, 6.07) is -0.266. The van der Waals surface area contributed by atoms with Crippen molar-refractivity contribution >= 4 is 22.6 Å². The largest absolute Gasteiger partial charge is 0.349 e. The molecule has 1 unspecified atom stereocenters. The van der Waals surface area contributed by atoms with Gasteiger partial charge in [0.1, 0.15) is 11.9 Å². The van der Waals surface area contributed by atoms with Gasteiger partial charge in [-0.15, -0.1) is 0 Å². The summed E-state index contributed by atoms with van der Waals surface area (Å²) in [5.74, 6) is 0.881. The quantitative estimate of drug-likeness (QED) is 0.847. The van der Waals surface area contributed by atoms with Crippen LogP contribution < -0.4 is 5.32 Å². The predicted molar refractivity (Wildman–Crippen MR) is 65.7 cm³/mol. The first-order chi connectivity index (χ1) is 7.54. The van der Waals surface area contributed by atoms with Gasteiger partial charge in [-0.05, 0) is 13.3 Å². The van der Waals surface area contributed by atoms with Crippen LogP contribution in [0.2, 0.25) is 0 Å². The van der Waals surface area contributed by atoms with Gasteiger partial charge in [-0.2, -0.15) is 4.37 Å². The van der Waals surface area contributed by atoms with Gasteiger partial charge in [0, 0.05) is 32.0 Å². The van der Waals surface area contributed by atoms with Crippen LogP contribution >= 0.6 is 11.5 Å². The zero-order valence-electron chi connectivity index (χ0n) is 10.1. The number of rotatable bonds is 5. The van der Waals surface area contributed by atoms with E-state index >= 15 is 0 Å². The van der Waals surface area contributed by atoms with Crippen LogP contribution in [0.25, 0.3) is 0 Å². The van der Waals surface area contributed by atoms with Crippen molar-refractivity contribution < 1.29 is 4.79 Å². The van der Waals surface area contributed by atoms with Gasteiger partial charge in [-0.25, -0.2) is 4.98 Å². The zero-order chi connectivity index (χ0) is 12.1. The molecule has 0 bridgehead atoms. The fraction of sp³-hybridized carbons (Fsp3) is 0.700. The van der Waals surface area contributed by atoms with E-state index in [1.165, 1.54) is 11.5 Å². The molecular weight excluding hydrogens is 224 g/mol. The number of amides is 1. The minimum atomic E-state index is -0.266. The molecule has 0 saturated carbocycles. The Morgan fingerprint density at radius 2 is 2.25 bits per heavy atom. The van der Waals surface area contributed by atoms with Crippen molar-refractivity contribution in [2.45, 2.75) is 32.7 Å². The van der Waals surface area contributed by atoms with E-state index in [9.17, 15) is 4.79 Å². The van der Waals surface area contributed by atoms with Gasteiger partial charge in [0.2, 0.25) is 11.0 Å². The Balaban J connectivity index is 2.55. The molecule has 16 heavy (non-hydrogen) atoms. The highest BCUT2D eigenvalue weighted by atomic mass is 32.1. The molecule has 0 spiro atoms. The standard InChI is InChI=1S/C10H18N4OS/c1-5-6-8-12-10(16-13-8)11-7(2)9(15)14(3)4/h7H,5-6H2,1-4H3,(H,11,12,13). The molecule has 0 aromatic carbocycles. The minimum Gasteiger partial charge on any atom is -0.349 e. The van der Waals surface area contributed by atoms with E-state index in [0.29, 0.717) is 5.13 Å². The van der Waals surface area contributed by atoms with Crippen LogP contribution in [-0.2, 0) is 11.2 Å². The second-order valence-corrected chi connectivity index (χ2v) is 4.62. The molecule has 1 rings (SSSR count). The first-order valence-corrected chi connectivity index (χ1v) is 6.12. The van der Waals surface area contributed by atoms with Crippen molar-refractivity contribution in [1.29, 1.82) is 0 Å². The lowest BCUT2D eigenvalue weighted by atomic mass is 10.3. The third-order valence-electron chi connectivity index (χ3n) is 2.09. The van der Waals surface area contributed by atoms with E-state index in [2.05, 4.69) is 21.6 Å². The van der Waals surface area contributed by atoms with Gasteiger partial charge in [0.15, 0.2) is 0 Å². The van der Waals surface area contributed by atoms with Crippen molar-refractivity contribution in [2.75, 3.05) is 19.4 Å². The minimum absolute atomic E-state index is 0.0345. The van der Waals surface area contributed by atoms with Gasteiger partial charge in [-0.3, -0.25) is 4.79 Å². The lowest BCUT2D eigenvalue weighted by molar-refractivity contribution is -0.129. The molecule has 0 aliphatic carbocycles. The van der Waals surface area contributed by atoms with Crippen molar-refractivity contribution in [3.63, 3.8) is 0 Å². The van der Waals surface area contributed by atoms with E-state index in [0.717, 1.165) is 18.7 Å². The van der Waals surface area contributed by atoms with E-state index in [1.54, 1.807) is 19.0 Å². The maximum absolute atomic E-state index is 11.6. The summed E-state index contributed by atoms with van der Waals surface area (Å²) >= 11 is 1.30. The molecule has 1 aromatic rings. The van der Waals surface area contributed by atoms with E-state index < -0.39 is 0 Å². The third-order valence-corrected chi connectivity index (χ3v) is 2.78. The lowest BCUT2D eigenvalue weighted by Crippen LogP contribution is -2.36. The summed E-state index contributed by atoms with van der Waals surface area (Å²) in [7, 11) is 3.48. The Hall–Kier alpha value is -1.17. The number of nitrogens with one attached hydrogen (secondary N) is 1. The highest BCUT2D eigenvalue weighted by Crippen LogP contribution is 2.13. The smallest absolute Gasteiger partial charge is 0.244 e. The maximum atomic E-state index is 11.6. The lowest BCUT2D eigenvalue weighted by Gasteiger charge is -2.16. The number of hydrogen-bond donors (Lipinski definition) is 1. The van der Waals surface area contributed by atoms with Crippen LogP contribution in [0.5, 0.6) is 0 Å². The second kappa shape index (κ2) is 5.79. The Kier molecular flexibility index (Phi) is 4.67. The van der Waals surface area contributed by atoms with Crippen LogP contribution in [-0.4, -0.2) is 40.3 Å². The topological polar surface area (TPSA) is 58.1 Å². The van der Waals surface area contributed by atoms with E-state index in [4.69, 9.17) is 0 Å². The second-order valence-electron chi connectivity index (χ2n) is 3.86. The monoisotopic (exact) mass is 242 g/mol. The third kappa shape index (κ3) is 3.44. The Labute approximate surface area is 100 Å². The number of aromatic nitrogens is 2. The molecule has 1 amide bonds. The van der Waals surface area contributed by atoms with Gasteiger partial charge < -0.3 is 10.2 Å². The van der Waals surface area contributed by atoms with E-state index in [-0.39, 0.29) is 11.9 Å². The molecule has 0 radical (unpaired) electrons.